The van der Waals surface area contributed by atoms with Crippen LogP contribution in [0, 0.1) is 11.8 Å². The summed E-state index contributed by atoms with van der Waals surface area (Å²) >= 11 is 0. The molecule has 0 aromatic heterocycles. The van der Waals surface area contributed by atoms with Crippen molar-refractivity contribution in [1.82, 2.24) is 10.4 Å². The van der Waals surface area contributed by atoms with Gasteiger partial charge in [-0.3, -0.25) is 19.2 Å². The minimum Gasteiger partial charge on any atom is -0.460 e. The fourth-order valence-electron chi connectivity index (χ4n) is 3.41. The zero-order valence-electron chi connectivity index (χ0n) is 17.6. The van der Waals surface area contributed by atoms with Crippen LogP contribution in [-0.4, -0.2) is 42.0 Å². The standard InChI is InChI=1S/C22H32N2O5/c1-22(2,3)29-24(16-25)14-17-9-11-19(12-10-17)21(27)23-13-20(26)28-15-18-7-5-4-6-8-18/h4-8,16-17,19H,9-15H2,1-3H3,(H,23,27). The van der Waals surface area contributed by atoms with Gasteiger partial charge in [-0.25, -0.2) is 5.06 Å². The number of hydroxylamine groups is 2. The van der Waals surface area contributed by atoms with Crippen LogP contribution >= 0.6 is 0 Å². The molecule has 0 atom stereocenters. The highest BCUT2D eigenvalue weighted by Crippen LogP contribution is 2.29. The molecule has 1 saturated carbocycles. The Kier molecular flexibility index (Phi) is 8.64. The van der Waals surface area contributed by atoms with E-state index in [2.05, 4.69) is 5.32 Å². The molecule has 0 aliphatic heterocycles. The van der Waals surface area contributed by atoms with Gasteiger partial charge in [-0.2, -0.15) is 0 Å². The molecule has 29 heavy (non-hydrogen) atoms. The van der Waals surface area contributed by atoms with E-state index >= 15 is 0 Å². The predicted molar refractivity (Wildman–Crippen MR) is 108 cm³/mol. The molecule has 1 N–H and O–H groups in total. The summed E-state index contributed by atoms with van der Waals surface area (Å²) in [5, 5.41) is 4.04. The van der Waals surface area contributed by atoms with Crippen LogP contribution in [0.15, 0.2) is 30.3 Å². The quantitative estimate of drug-likeness (QED) is 0.389. The Morgan fingerprint density at radius 3 is 2.38 bits per heavy atom. The van der Waals surface area contributed by atoms with E-state index in [0.717, 1.165) is 31.2 Å². The highest BCUT2D eigenvalue weighted by atomic mass is 16.7. The minimum atomic E-state index is -0.447. The van der Waals surface area contributed by atoms with E-state index in [4.69, 9.17) is 9.57 Å². The number of nitrogens with zero attached hydrogens (tertiary/aromatic N) is 1. The van der Waals surface area contributed by atoms with Crippen molar-refractivity contribution in [2.45, 2.75) is 58.7 Å². The van der Waals surface area contributed by atoms with Crippen LogP contribution in [0.3, 0.4) is 0 Å². The summed E-state index contributed by atoms with van der Waals surface area (Å²) in [6, 6.07) is 9.41. The van der Waals surface area contributed by atoms with Gasteiger partial charge in [0.15, 0.2) is 0 Å². The first-order valence-corrected chi connectivity index (χ1v) is 10.1. The van der Waals surface area contributed by atoms with Gasteiger partial charge in [-0.15, -0.1) is 0 Å². The highest BCUT2D eigenvalue weighted by Gasteiger charge is 2.28. The summed E-state index contributed by atoms with van der Waals surface area (Å²) in [7, 11) is 0. The second-order valence-corrected chi connectivity index (χ2v) is 8.49. The molecule has 1 aromatic carbocycles. The van der Waals surface area contributed by atoms with Crippen LogP contribution in [0.4, 0.5) is 0 Å². The molecule has 1 aliphatic rings. The van der Waals surface area contributed by atoms with Gasteiger partial charge < -0.3 is 10.1 Å². The Morgan fingerprint density at radius 1 is 1.14 bits per heavy atom. The molecule has 0 saturated heterocycles. The molecule has 2 amide bonds. The van der Waals surface area contributed by atoms with Crippen molar-refractivity contribution in [3.63, 3.8) is 0 Å². The molecule has 0 spiro atoms. The molecule has 2 rings (SSSR count). The number of hydrogen-bond acceptors (Lipinski definition) is 5. The van der Waals surface area contributed by atoms with E-state index in [9.17, 15) is 14.4 Å². The van der Waals surface area contributed by atoms with E-state index in [-0.39, 0.29) is 25.0 Å². The monoisotopic (exact) mass is 404 g/mol. The lowest BCUT2D eigenvalue weighted by atomic mass is 9.81. The molecule has 0 radical (unpaired) electrons. The summed E-state index contributed by atoms with van der Waals surface area (Å²) < 4.78 is 5.17. The first kappa shape index (κ1) is 22.9. The Balaban J connectivity index is 1.66. The Labute approximate surface area is 172 Å². The number of amides is 2. The Morgan fingerprint density at radius 2 is 1.79 bits per heavy atom. The van der Waals surface area contributed by atoms with Crippen LogP contribution in [0.1, 0.15) is 52.0 Å². The number of hydrogen-bond donors (Lipinski definition) is 1. The summed E-state index contributed by atoms with van der Waals surface area (Å²) in [6.07, 6.45) is 3.86. The van der Waals surface area contributed by atoms with Crippen molar-refractivity contribution in [2.75, 3.05) is 13.1 Å². The van der Waals surface area contributed by atoms with Crippen molar-refractivity contribution in [2.24, 2.45) is 11.8 Å². The number of carbonyl (C=O) groups is 3. The number of ether oxygens (including phenoxy) is 1. The number of benzene rings is 1. The molecule has 1 fully saturated rings. The fraction of sp³-hybridized carbons (Fsp3) is 0.591. The molecular formula is C22H32N2O5. The average Bonchev–Trinajstić information content (AvgIpc) is 2.70. The molecule has 160 valence electrons. The van der Waals surface area contributed by atoms with Gasteiger partial charge in [0.2, 0.25) is 12.3 Å². The highest BCUT2D eigenvalue weighted by molar-refractivity contribution is 5.83. The maximum atomic E-state index is 12.3. The lowest BCUT2D eigenvalue weighted by molar-refractivity contribution is -0.220. The largest absolute Gasteiger partial charge is 0.460 e. The first-order chi connectivity index (χ1) is 13.8. The van der Waals surface area contributed by atoms with Crippen LogP contribution < -0.4 is 5.32 Å². The van der Waals surface area contributed by atoms with E-state index in [1.165, 1.54) is 5.06 Å². The average molecular weight is 405 g/mol. The molecule has 0 heterocycles. The predicted octanol–water partition coefficient (Wildman–Crippen LogP) is 2.84. The summed E-state index contributed by atoms with van der Waals surface area (Å²) in [4.78, 5) is 41.0. The van der Waals surface area contributed by atoms with Gasteiger partial charge >= 0.3 is 5.97 Å². The first-order valence-electron chi connectivity index (χ1n) is 10.1. The molecule has 1 aromatic rings. The van der Waals surface area contributed by atoms with E-state index in [1.807, 2.05) is 51.1 Å². The Hall–Kier alpha value is -2.41. The van der Waals surface area contributed by atoms with Crippen LogP contribution in [0.25, 0.3) is 0 Å². The third-order valence-electron chi connectivity index (χ3n) is 4.81. The summed E-state index contributed by atoms with van der Waals surface area (Å²) in [5.74, 6) is -0.362. The fourth-order valence-corrected chi connectivity index (χ4v) is 3.41. The number of rotatable bonds is 9. The van der Waals surface area contributed by atoms with Crippen molar-refractivity contribution in [3.8, 4) is 0 Å². The van der Waals surface area contributed by atoms with Crippen molar-refractivity contribution < 1.29 is 24.0 Å². The molecule has 0 unspecified atom stereocenters. The smallest absolute Gasteiger partial charge is 0.325 e. The molecule has 1 aliphatic carbocycles. The van der Waals surface area contributed by atoms with Crippen molar-refractivity contribution in [3.05, 3.63) is 35.9 Å². The maximum Gasteiger partial charge on any atom is 0.325 e. The second kappa shape index (κ2) is 11.0. The molecule has 0 bridgehead atoms. The third-order valence-corrected chi connectivity index (χ3v) is 4.81. The topological polar surface area (TPSA) is 84.9 Å². The van der Waals surface area contributed by atoms with E-state index in [1.54, 1.807) is 0 Å². The SMILES string of the molecule is CC(C)(C)ON(C=O)CC1CCC(C(=O)NCC(=O)OCc2ccccc2)CC1. The van der Waals surface area contributed by atoms with Gasteiger partial charge in [0.1, 0.15) is 13.2 Å². The number of carbonyl (C=O) groups excluding carboxylic acids is 3. The van der Waals surface area contributed by atoms with Gasteiger partial charge in [-0.05, 0) is 57.9 Å². The second-order valence-electron chi connectivity index (χ2n) is 8.49. The van der Waals surface area contributed by atoms with E-state index in [0.29, 0.717) is 18.9 Å². The van der Waals surface area contributed by atoms with Gasteiger partial charge in [0.05, 0.1) is 12.1 Å². The van der Waals surface area contributed by atoms with Crippen LogP contribution in [-0.2, 0) is 30.6 Å². The zero-order chi connectivity index (χ0) is 21.3. The van der Waals surface area contributed by atoms with E-state index < -0.39 is 11.6 Å². The zero-order valence-corrected chi connectivity index (χ0v) is 17.6. The summed E-state index contributed by atoms with van der Waals surface area (Å²) in [5.41, 5.74) is 0.484. The molecular weight excluding hydrogens is 372 g/mol. The third kappa shape index (κ3) is 8.64. The lowest BCUT2D eigenvalue weighted by Gasteiger charge is -2.33. The maximum absolute atomic E-state index is 12.3. The van der Waals surface area contributed by atoms with Crippen LogP contribution in [0.2, 0.25) is 0 Å². The molecule has 7 heteroatoms. The summed E-state index contributed by atoms with van der Waals surface area (Å²) in [6.45, 7) is 6.30. The normalized spacial score (nSPS) is 19.3. The van der Waals surface area contributed by atoms with Crippen molar-refractivity contribution >= 4 is 18.3 Å². The number of esters is 1. The lowest BCUT2D eigenvalue weighted by Crippen LogP contribution is -2.39. The number of nitrogens with one attached hydrogen (secondary N) is 1. The van der Waals surface area contributed by atoms with Gasteiger partial charge in [0.25, 0.3) is 0 Å². The van der Waals surface area contributed by atoms with Crippen molar-refractivity contribution in [1.29, 1.82) is 0 Å². The Bertz CT molecular complexity index is 664. The minimum absolute atomic E-state index is 0.110. The van der Waals surface area contributed by atoms with Crippen LogP contribution in [0.5, 0.6) is 0 Å². The van der Waals surface area contributed by atoms with Gasteiger partial charge in [0, 0.05) is 5.92 Å². The molecule has 7 nitrogen and oxygen atoms in total. The van der Waals surface area contributed by atoms with Gasteiger partial charge in [-0.1, -0.05) is 30.3 Å².